The van der Waals surface area contributed by atoms with Crippen LogP contribution in [0, 0.1) is 0 Å². The van der Waals surface area contributed by atoms with Crippen LogP contribution < -0.4 is 11.1 Å². The van der Waals surface area contributed by atoms with Crippen LogP contribution in [0.3, 0.4) is 0 Å². The highest BCUT2D eigenvalue weighted by Crippen LogP contribution is 2.24. The largest absolute Gasteiger partial charge is 0.333 e. The van der Waals surface area contributed by atoms with Crippen LogP contribution in [0.2, 0.25) is 0 Å². The van der Waals surface area contributed by atoms with Gasteiger partial charge in [0.1, 0.15) is 5.84 Å². The summed E-state index contributed by atoms with van der Waals surface area (Å²) in [5, 5.41) is 11.3. The van der Waals surface area contributed by atoms with E-state index in [-0.39, 0.29) is 5.29 Å². The molecule has 4 N–H and O–H groups in total. The lowest BCUT2D eigenvalue weighted by molar-refractivity contribution is 0.424. The lowest BCUT2D eigenvalue weighted by Gasteiger charge is -2.31. The highest BCUT2D eigenvalue weighted by atomic mass is 35.5. The monoisotopic (exact) mass is 290 g/mol. The molecule has 1 aromatic heterocycles. The van der Waals surface area contributed by atoms with Crippen LogP contribution in [0.15, 0.2) is 34.4 Å². The number of nitrogens with zero attached hydrogens (tertiary/aromatic N) is 3. The minimum absolute atomic E-state index is 0.166. The van der Waals surface area contributed by atoms with Gasteiger partial charge >= 0.3 is 0 Å². The molecule has 2 heterocycles. The van der Waals surface area contributed by atoms with Gasteiger partial charge in [-0.25, -0.2) is 9.98 Å². The SMILES string of the molecule is CCCC1=NC(Cl)=NC(N)(c2ccc3cn[nH]c3c2)N1. The van der Waals surface area contributed by atoms with Crippen molar-refractivity contribution in [2.24, 2.45) is 15.7 Å². The molecule has 0 amide bonds. The molecule has 7 heteroatoms. The summed E-state index contributed by atoms with van der Waals surface area (Å²) < 4.78 is 0. The van der Waals surface area contributed by atoms with Crippen LogP contribution in [-0.2, 0) is 5.79 Å². The van der Waals surface area contributed by atoms with Crippen LogP contribution in [-0.4, -0.2) is 21.3 Å². The van der Waals surface area contributed by atoms with Crippen LogP contribution in [0.1, 0.15) is 25.3 Å². The number of aromatic amines is 1. The summed E-state index contributed by atoms with van der Waals surface area (Å²) in [4.78, 5) is 8.40. The predicted octanol–water partition coefficient (Wildman–Crippen LogP) is 2.03. The second kappa shape index (κ2) is 4.88. The molecule has 0 saturated carbocycles. The number of aliphatic imine (C=N–C) groups is 2. The van der Waals surface area contributed by atoms with Crippen LogP contribution >= 0.6 is 11.6 Å². The van der Waals surface area contributed by atoms with Gasteiger partial charge in [-0.15, -0.1) is 0 Å². The maximum Gasteiger partial charge on any atom is 0.223 e. The Hall–Kier alpha value is -1.92. The van der Waals surface area contributed by atoms with E-state index < -0.39 is 5.79 Å². The van der Waals surface area contributed by atoms with Gasteiger partial charge in [0.2, 0.25) is 11.1 Å². The Balaban J connectivity index is 2.01. The molecule has 0 bridgehead atoms. The predicted molar refractivity (Wildman–Crippen MR) is 80.7 cm³/mol. The summed E-state index contributed by atoms with van der Waals surface area (Å²) in [6.07, 6.45) is 3.49. The number of halogens is 1. The zero-order valence-corrected chi connectivity index (χ0v) is 11.8. The average molecular weight is 291 g/mol. The summed E-state index contributed by atoms with van der Waals surface area (Å²) in [7, 11) is 0. The standard InChI is InChI=1S/C13H15ClN6/c1-2-3-11-17-12(14)19-13(15,18-11)9-5-4-8-7-16-20-10(8)6-9/h4-7H,2-3,15H2,1H3,(H,16,20)(H,17,18,19). The molecule has 0 radical (unpaired) electrons. The van der Waals surface area contributed by atoms with E-state index in [4.69, 9.17) is 17.3 Å². The third kappa shape index (κ3) is 2.28. The number of hydrogen-bond donors (Lipinski definition) is 3. The van der Waals surface area contributed by atoms with Crippen LogP contribution in [0.25, 0.3) is 10.9 Å². The molecule has 6 nitrogen and oxygen atoms in total. The molecule has 0 spiro atoms. The summed E-state index contributed by atoms with van der Waals surface area (Å²) in [6.45, 7) is 2.07. The molecule has 1 unspecified atom stereocenters. The van der Waals surface area contributed by atoms with Gasteiger partial charge in [-0.3, -0.25) is 10.8 Å². The first kappa shape index (κ1) is 13.1. The average Bonchev–Trinajstić information content (AvgIpc) is 2.85. The minimum Gasteiger partial charge on any atom is -0.333 e. The molecule has 1 atom stereocenters. The topological polar surface area (TPSA) is 91.4 Å². The zero-order valence-electron chi connectivity index (χ0n) is 11.0. The third-order valence-corrected chi connectivity index (χ3v) is 3.37. The number of aromatic nitrogens is 2. The molecule has 20 heavy (non-hydrogen) atoms. The van der Waals surface area contributed by atoms with Crippen molar-refractivity contribution in [1.29, 1.82) is 0 Å². The number of nitrogens with one attached hydrogen (secondary N) is 2. The fourth-order valence-corrected chi connectivity index (χ4v) is 2.46. The highest BCUT2D eigenvalue weighted by molar-refractivity contribution is 6.65. The van der Waals surface area contributed by atoms with Gasteiger partial charge in [-0.1, -0.05) is 19.1 Å². The number of fused-ring (bicyclic) bond motifs is 1. The van der Waals surface area contributed by atoms with E-state index in [0.29, 0.717) is 0 Å². The smallest absolute Gasteiger partial charge is 0.223 e. The van der Waals surface area contributed by atoms with Crippen LogP contribution in [0.5, 0.6) is 0 Å². The van der Waals surface area contributed by atoms with E-state index in [0.717, 1.165) is 35.1 Å². The molecular formula is C13H15ClN6. The first-order chi connectivity index (χ1) is 9.60. The van der Waals surface area contributed by atoms with Crippen molar-refractivity contribution in [2.45, 2.75) is 25.6 Å². The Kier molecular flexibility index (Phi) is 3.19. The molecular weight excluding hydrogens is 276 g/mol. The molecule has 0 saturated heterocycles. The maximum atomic E-state index is 6.35. The zero-order chi connectivity index (χ0) is 14.2. The molecule has 3 rings (SSSR count). The second-order valence-corrected chi connectivity index (χ2v) is 5.09. The van der Waals surface area contributed by atoms with Gasteiger partial charge in [0.05, 0.1) is 11.7 Å². The second-order valence-electron chi connectivity index (χ2n) is 4.75. The maximum absolute atomic E-state index is 6.35. The fraction of sp³-hybridized carbons (Fsp3) is 0.308. The Bertz CT molecular complexity index is 704. The van der Waals surface area contributed by atoms with Gasteiger partial charge < -0.3 is 5.32 Å². The highest BCUT2D eigenvalue weighted by Gasteiger charge is 2.31. The number of H-pyrrole nitrogens is 1. The molecule has 1 aliphatic rings. The quantitative estimate of drug-likeness (QED) is 0.755. The number of rotatable bonds is 3. The van der Waals surface area contributed by atoms with Crippen molar-refractivity contribution in [3.8, 4) is 0 Å². The van der Waals surface area contributed by atoms with Gasteiger partial charge in [0.15, 0.2) is 0 Å². The number of amidine groups is 2. The number of hydrogen-bond acceptors (Lipinski definition) is 5. The molecule has 0 fully saturated rings. The van der Waals surface area contributed by atoms with E-state index in [1.807, 2.05) is 18.2 Å². The first-order valence-electron chi connectivity index (χ1n) is 6.44. The number of benzene rings is 1. The van der Waals surface area contributed by atoms with E-state index in [1.54, 1.807) is 6.20 Å². The summed E-state index contributed by atoms with van der Waals surface area (Å²) >= 11 is 6.00. The lowest BCUT2D eigenvalue weighted by atomic mass is 10.1. The molecule has 1 aromatic carbocycles. The molecule has 0 aliphatic carbocycles. The molecule has 104 valence electrons. The van der Waals surface area contributed by atoms with E-state index >= 15 is 0 Å². The Morgan fingerprint density at radius 3 is 3.05 bits per heavy atom. The van der Waals surface area contributed by atoms with Gasteiger partial charge in [-0.2, -0.15) is 5.10 Å². The third-order valence-electron chi connectivity index (χ3n) is 3.20. The van der Waals surface area contributed by atoms with Crippen molar-refractivity contribution >= 4 is 33.6 Å². The first-order valence-corrected chi connectivity index (χ1v) is 6.82. The van der Waals surface area contributed by atoms with Crippen molar-refractivity contribution in [3.05, 3.63) is 30.0 Å². The van der Waals surface area contributed by atoms with Crippen molar-refractivity contribution < 1.29 is 0 Å². The summed E-state index contributed by atoms with van der Waals surface area (Å²) in [5.41, 5.74) is 8.06. The van der Waals surface area contributed by atoms with E-state index in [9.17, 15) is 0 Å². The minimum atomic E-state index is -1.09. The van der Waals surface area contributed by atoms with Gasteiger partial charge in [0, 0.05) is 17.4 Å². The van der Waals surface area contributed by atoms with Gasteiger partial charge in [0.25, 0.3) is 0 Å². The normalized spacial score (nSPS) is 22.4. The summed E-state index contributed by atoms with van der Waals surface area (Å²) in [6, 6.07) is 5.77. The Morgan fingerprint density at radius 1 is 1.40 bits per heavy atom. The fourth-order valence-electron chi connectivity index (χ4n) is 2.22. The van der Waals surface area contributed by atoms with Crippen molar-refractivity contribution in [3.63, 3.8) is 0 Å². The molecule has 1 aliphatic heterocycles. The summed E-state index contributed by atoms with van der Waals surface area (Å²) in [5.74, 6) is -0.345. The Morgan fingerprint density at radius 2 is 2.25 bits per heavy atom. The van der Waals surface area contributed by atoms with E-state index in [2.05, 4.69) is 32.4 Å². The van der Waals surface area contributed by atoms with Gasteiger partial charge in [-0.05, 0) is 24.1 Å². The van der Waals surface area contributed by atoms with E-state index in [1.165, 1.54) is 0 Å². The van der Waals surface area contributed by atoms with Crippen LogP contribution in [0.4, 0.5) is 0 Å². The van der Waals surface area contributed by atoms with Crippen molar-refractivity contribution in [1.82, 2.24) is 15.5 Å². The van der Waals surface area contributed by atoms with Crippen molar-refractivity contribution in [2.75, 3.05) is 0 Å². The number of nitrogens with two attached hydrogens (primary N) is 1. The lowest BCUT2D eigenvalue weighted by Crippen LogP contribution is -2.53. The Labute approximate surface area is 121 Å². The molecule has 2 aromatic rings.